The maximum Gasteiger partial charge on any atom is 0.333 e. The van der Waals surface area contributed by atoms with Crippen molar-refractivity contribution in [3.8, 4) is 44.5 Å². The number of anilines is 8. The second kappa shape index (κ2) is 19.0. The van der Waals surface area contributed by atoms with Gasteiger partial charge in [0, 0.05) is 51.1 Å². The summed E-state index contributed by atoms with van der Waals surface area (Å²) in [5, 5.41) is 0. The third-order valence-corrected chi connectivity index (χ3v) is 14.2. The van der Waals surface area contributed by atoms with Gasteiger partial charge in [-0.1, -0.05) is 196 Å². The molecule has 70 heavy (non-hydrogen) atoms. The average molecular weight is 900 g/mol. The Morgan fingerprint density at radius 3 is 1.51 bits per heavy atom. The predicted octanol–water partition coefficient (Wildman–Crippen LogP) is 17.0. The van der Waals surface area contributed by atoms with Crippen LogP contribution in [0.25, 0.3) is 44.5 Å². The van der Waals surface area contributed by atoms with E-state index in [2.05, 4.69) is 270 Å². The van der Waals surface area contributed by atoms with E-state index in [0.717, 1.165) is 41.3 Å². The van der Waals surface area contributed by atoms with Crippen LogP contribution in [-0.2, 0) is 6.42 Å². The van der Waals surface area contributed by atoms with E-state index in [1.807, 2.05) is 0 Å². The van der Waals surface area contributed by atoms with Gasteiger partial charge in [0.2, 0.25) is 0 Å². The van der Waals surface area contributed by atoms with Gasteiger partial charge < -0.3 is 14.6 Å². The molecule has 10 aromatic carbocycles. The molecule has 3 nitrogen and oxygen atoms in total. The Balaban J connectivity index is 1.16. The van der Waals surface area contributed by atoms with E-state index in [-0.39, 0.29) is 6.85 Å². The van der Waals surface area contributed by atoms with Crippen molar-refractivity contribution in [2.24, 2.45) is 0 Å². The molecule has 10 aromatic rings. The first-order chi connectivity index (χ1) is 34.7. The molecule has 0 saturated carbocycles. The van der Waals surface area contributed by atoms with Crippen LogP contribution >= 0.6 is 0 Å². The predicted molar refractivity (Wildman–Crippen MR) is 299 cm³/mol. The largest absolute Gasteiger partial charge is 0.376 e. The van der Waals surface area contributed by atoms with Crippen molar-refractivity contribution < 1.29 is 0 Å². The van der Waals surface area contributed by atoms with Gasteiger partial charge in [0.1, 0.15) is 0 Å². The van der Waals surface area contributed by atoms with Gasteiger partial charge in [-0.05, 0) is 147 Å². The Morgan fingerprint density at radius 2 is 0.914 bits per heavy atom. The van der Waals surface area contributed by atoms with Crippen LogP contribution in [0.15, 0.2) is 249 Å². The molecular formula is C66H54BN3. The highest BCUT2D eigenvalue weighted by Crippen LogP contribution is 2.50. The molecule has 0 saturated heterocycles. The maximum atomic E-state index is 2.64. The van der Waals surface area contributed by atoms with Gasteiger partial charge in [-0.2, -0.15) is 0 Å². The van der Waals surface area contributed by atoms with Crippen molar-refractivity contribution in [2.45, 2.75) is 39.0 Å². The summed E-state index contributed by atoms with van der Waals surface area (Å²) in [6.07, 6.45) is 5.84. The Hall–Kier alpha value is -8.34. The third-order valence-electron chi connectivity index (χ3n) is 14.2. The maximum absolute atomic E-state index is 2.64. The molecule has 4 heteroatoms. The van der Waals surface area contributed by atoms with Gasteiger partial charge in [-0.25, -0.2) is 0 Å². The average Bonchev–Trinajstić information content (AvgIpc) is 3.43. The molecule has 0 radical (unpaired) electrons. The summed E-state index contributed by atoms with van der Waals surface area (Å²) < 4.78 is 0. The Labute approximate surface area is 413 Å². The lowest BCUT2D eigenvalue weighted by Gasteiger charge is -2.46. The van der Waals surface area contributed by atoms with Crippen molar-refractivity contribution in [1.82, 2.24) is 0 Å². The summed E-state index contributed by atoms with van der Waals surface area (Å²) in [6.45, 7) is 2.16. The zero-order chi connectivity index (χ0) is 46.8. The molecule has 0 fully saturated rings. The lowest BCUT2D eigenvalue weighted by atomic mass is 9.43. The van der Waals surface area contributed by atoms with E-state index in [1.165, 1.54) is 97.3 Å². The summed E-state index contributed by atoms with van der Waals surface area (Å²) in [5.74, 6) is 0. The number of nitrogens with zero attached hydrogens (tertiary/aromatic N) is 3. The molecule has 12 rings (SSSR count). The second-order valence-corrected chi connectivity index (χ2v) is 18.7. The Morgan fingerprint density at radius 1 is 0.371 bits per heavy atom. The number of rotatable bonds is 13. The number of hydrogen-bond acceptors (Lipinski definition) is 3. The summed E-state index contributed by atoms with van der Waals surface area (Å²) in [7, 11) is 0. The van der Waals surface area contributed by atoms with E-state index in [9.17, 15) is 0 Å². The fourth-order valence-corrected chi connectivity index (χ4v) is 10.9. The number of aryl methyl sites for hydroxylation is 1. The number of para-hydroxylation sites is 2. The first-order valence-corrected chi connectivity index (χ1v) is 25.0. The molecule has 0 atom stereocenters. The quantitative estimate of drug-likeness (QED) is 0.0843. The zero-order valence-electron chi connectivity index (χ0n) is 39.6. The summed E-state index contributed by atoms with van der Waals surface area (Å²) in [5.41, 5.74) is 23.0. The van der Waals surface area contributed by atoms with Gasteiger partial charge >= 0.3 is 6.85 Å². The molecular weight excluding hydrogens is 846 g/mol. The molecule has 0 spiro atoms. The zero-order valence-corrected chi connectivity index (χ0v) is 39.6. The highest BCUT2D eigenvalue weighted by molar-refractivity contribution is 6.93. The van der Waals surface area contributed by atoms with Crippen LogP contribution in [0.4, 0.5) is 45.5 Å². The second-order valence-electron chi connectivity index (χ2n) is 18.7. The van der Waals surface area contributed by atoms with Crippen LogP contribution in [0, 0.1) is 0 Å². The van der Waals surface area contributed by atoms with Crippen molar-refractivity contribution in [1.29, 1.82) is 0 Å². The molecule has 0 N–H and O–H groups in total. The van der Waals surface area contributed by atoms with Crippen LogP contribution in [0.3, 0.4) is 0 Å². The summed E-state index contributed by atoms with van der Waals surface area (Å²) in [6, 6.07) is 91.9. The monoisotopic (exact) mass is 899 g/mol. The van der Waals surface area contributed by atoms with Gasteiger partial charge in [0.15, 0.2) is 0 Å². The van der Waals surface area contributed by atoms with E-state index >= 15 is 0 Å². The minimum atomic E-state index is -0.139. The lowest BCUT2D eigenvalue weighted by Crippen LogP contribution is -2.61. The molecule has 0 amide bonds. The van der Waals surface area contributed by atoms with Gasteiger partial charge in [0.05, 0.1) is 0 Å². The van der Waals surface area contributed by atoms with Gasteiger partial charge in [-0.15, -0.1) is 0 Å². The van der Waals surface area contributed by atoms with Crippen LogP contribution in [0.2, 0.25) is 0 Å². The van der Waals surface area contributed by atoms with Gasteiger partial charge in [0.25, 0.3) is 0 Å². The Bertz CT molecular complexity index is 3390. The first kappa shape index (κ1) is 43.0. The van der Waals surface area contributed by atoms with Crippen LogP contribution in [0.1, 0.15) is 38.2 Å². The number of hydrogen-bond donors (Lipinski definition) is 0. The lowest BCUT2D eigenvalue weighted by molar-refractivity contribution is 0.667. The highest BCUT2D eigenvalue weighted by atomic mass is 15.2. The van der Waals surface area contributed by atoms with Crippen molar-refractivity contribution in [3.63, 3.8) is 0 Å². The summed E-state index contributed by atoms with van der Waals surface area (Å²) in [4.78, 5) is 7.63. The third kappa shape index (κ3) is 8.05. The molecule has 2 heterocycles. The fraction of sp³-hybridized carbons (Fsp3) is 0.0909. The first-order valence-electron chi connectivity index (χ1n) is 25.0. The molecule has 0 bridgehead atoms. The van der Waals surface area contributed by atoms with Crippen molar-refractivity contribution in [2.75, 3.05) is 14.6 Å². The molecule has 0 aromatic heterocycles. The highest BCUT2D eigenvalue weighted by Gasteiger charge is 2.45. The Kier molecular flexibility index (Phi) is 11.7. The van der Waals surface area contributed by atoms with Crippen molar-refractivity contribution >= 4 is 63.3 Å². The molecule has 0 unspecified atom stereocenters. The van der Waals surface area contributed by atoms with Crippen LogP contribution in [0.5, 0.6) is 0 Å². The van der Waals surface area contributed by atoms with E-state index in [0.29, 0.717) is 0 Å². The molecule has 0 aliphatic carbocycles. The van der Waals surface area contributed by atoms with E-state index < -0.39 is 0 Å². The number of fused-ring (bicyclic) bond motifs is 4. The van der Waals surface area contributed by atoms with Crippen LogP contribution < -0.4 is 25.5 Å². The van der Waals surface area contributed by atoms with E-state index in [4.69, 9.17) is 0 Å². The minimum Gasteiger partial charge on any atom is -0.376 e. The SMILES string of the molecule is CCCCCCc1cc2c3c(c1)N(c1cccc(-c4ccccc4)c1)c1cc(N(c4ccccc4)c4ccccc4)ccc1B3N(c1cccc(-c3ccccc3)c1)c1ccc(-c3ccccc3)cc1-2. The number of unbranched alkanes of at least 4 members (excludes halogenated alkanes) is 3. The van der Waals surface area contributed by atoms with Crippen LogP contribution in [-0.4, -0.2) is 6.85 Å². The topological polar surface area (TPSA) is 9.72 Å². The fourth-order valence-electron chi connectivity index (χ4n) is 10.9. The van der Waals surface area contributed by atoms with Gasteiger partial charge in [-0.3, -0.25) is 0 Å². The standard InChI is InChI=1S/C66H54BN3/c1-2-3-4-10-23-48-42-61-60-46-54(51-28-15-7-16-29-51)38-41-63(60)70(59-37-22-31-53(45-59)50-26-13-6-14-27-50)67-62-40-39-58(68(55-32-17-8-18-33-55)56-34-19-9-20-35-56)47-64(62)69(65(43-48)66(61)67)57-36-21-30-52(44-57)49-24-11-5-12-25-49/h5-9,11-22,24-47H,2-4,10,23H2,1H3. The minimum absolute atomic E-state index is 0.139. The molecule has 2 aliphatic rings. The molecule has 2 aliphatic heterocycles. The summed E-state index contributed by atoms with van der Waals surface area (Å²) >= 11 is 0. The van der Waals surface area contributed by atoms with Crippen molar-refractivity contribution in [3.05, 3.63) is 254 Å². The molecule has 336 valence electrons. The van der Waals surface area contributed by atoms with E-state index in [1.54, 1.807) is 0 Å². The smallest absolute Gasteiger partial charge is 0.333 e. The number of benzene rings is 10. The normalized spacial score (nSPS) is 12.3.